The molecule has 33 heavy (non-hydrogen) atoms. The molecule has 0 aliphatic heterocycles. The van der Waals surface area contributed by atoms with Gasteiger partial charge in [0, 0.05) is 18.2 Å². The highest BCUT2D eigenvalue weighted by Crippen LogP contribution is 2.25. The third-order valence-electron chi connectivity index (χ3n) is 4.59. The number of thiocarbonyl (C=S) groups is 1. The molecule has 0 aliphatic rings. The molecule has 0 saturated heterocycles. The van der Waals surface area contributed by atoms with E-state index < -0.39 is 10.8 Å². The molecule has 3 rings (SSSR count). The summed E-state index contributed by atoms with van der Waals surface area (Å²) < 4.78 is 0. The summed E-state index contributed by atoms with van der Waals surface area (Å²) in [7, 11) is 0. The molecule has 0 spiro atoms. The number of nitrogens with zero attached hydrogens (tertiary/aromatic N) is 1. The number of carbonyl (C=O) groups is 2. The molecule has 0 saturated carbocycles. The molecular weight excluding hydrogens is 464 g/mol. The number of nitrogens with one attached hydrogen (secondary N) is 3. The van der Waals surface area contributed by atoms with Gasteiger partial charge in [-0.2, -0.15) is 0 Å². The van der Waals surface area contributed by atoms with Crippen molar-refractivity contribution < 1.29 is 14.5 Å². The SMILES string of the molecule is O=C(NC(=S)Nc1ccccc1C(=O)NCCc1ccccc1)c1ccc(Cl)c([N+](=O)[O-])c1. The van der Waals surface area contributed by atoms with Crippen LogP contribution in [0.1, 0.15) is 26.3 Å². The van der Waals surface area contributed by atoms with Crippen molar-refractivity contribution in [3.63, 3.8) is 0 Å². The summed E-state index contributed by atoms with van der Waals surface area (Å²) >= 11 is 11.0. The van der Waals surface area contributed by atoms with Crippen molar-refractivity contribution in [2.24, 2.45) is 0 Å². The number of anilines is 1. The van der Waals surface area contributed by atoms with Crippen molar-refractivity contribution in [3.05, 3.63) is 105 Å². The van der Waals surface area contributed by atoms with Crippen LogP contribution in [0.25, 0.3) is 0 Å². The molecule has 3 aromatic carbocycles. The van der Waals surface area contributed by atoms with E-state index in [1.54, 1.807) is 24.3 Å². The summed E-state index contributed by atoms with van der Waals surface area (Å²) in [6.45, 7) is 0.452. The number of amides is 2. The molecule has 0 atom stereocenters. The summed E-state index contributed by atoms with van der Waals surface area (Å²) in [6, 6.07) is 20.2. The first-order valence-corrected chi connectivity index (χ1v) is 10.6. The van der Waals surface area contributed by atoms with E-state index in [4.69, 9.17) is 23.8 Å². The zero-order valence-electron chi connectivity index (χ0n) is 17.2. The Balaban J connectivity index is 1.62. The number of rotatable bonds is 7. The number of nitro groups is 1. The minimum absolute atomic E-state index is 0.0159. The Hall–Kier alpha value is -3.82. The molecular formula is C23H19ClN4O4S. The maximum absolute atomic E-state index is 12.7. The lowest BCUT2D eigenvalue weighted by molar-refractivity contribution is -0.384. The van der Waals surface area contributed by atoms with Gasteiger partial charge in [0.25, 0.3) is 17.5 Å². The topological polar surface area (TPSA) is 113 Å². The Kier molecular flexibility index (Phi) is 8.06. The molecule has 8 nitrogen and oxygen atoms in total. The van der Waals surface area contributed by atoms with Crippen molar-refractivity contribution in [1.82, 2.24) is 10.6 Å². The van der Waals surface area contributed by atoms with E-state index in [2.05, 4.69) is 16.0 Å². The van der Waals surface area contributed by atoms with Crippen LogP contribution in [0.5, 0.6) is 0 Å². The van der Waals surface area contributed by atoms with Crippen LogP contribution in [0.3, 0.4) is 0 Å². The van der Waals surface area contributed by atoms with E-state index in [-0.39, 0.29) is 27.3 Å². The number of nitro benzene ring substituents is 1. The van der Waals surface area contributed by atoms with E-state index in [1.165, 1.54) is 12.1 Å². The lowest BCUT2D eigenvalue weighted by atomic mass is 10.1. The third-order valence-corrected chi connectivity index (χ3v) is 5.12. The van der Waals surface area contributed by atoms with Gasteiger partial charge in [-0.15, -0.1) is 0 Å². The first kappa shape index (κ1) is 23.8. The predicted octanol–water partition coefficient (Wildman–Crippen LogP) is 4.35. The third kappa shape index (κ3) is 6.58. The minimum Gasteiger partial charge on any atom is -0.352 e. The normalized spacial score (nSPS) is 10.2. The zero-order valence-corrected chi connectivity index (χ0v) is 18.8. The highest BCUT2D eigenvalue weighted by molar-refractivity contribution is 7.80. The van der Waals surface area contributed by atoms with Crippen LogP contribution in [0.15, 0.2) is 72.8 Å². The summed E-state index contributed by atoms with van der Waals surface area (Å²) in [5.74, 6) is -0.950. The maximum atomic E-state index is 12.7. The van der Waals surface area contributed by atoms with Crippen molar-refractivity contribution in [3.8, 4) is 0 Å². The number of benzene rings is 3. The Morgan fingerprint density at radius 2 is 1.67 bits per heavy atom. The Labute approximate surface area is 200 Å². The van der Waals surface area contributed by atoms with Crippen LogP contribution < -0.4 is 16.0 Å². The standard InChI is InChI=1S/C23H19ClN4O4S/c24-18-11-10-16(14-20(18)28(31)32)21(29)27-23(33)26-19-9-5-4-8-17(19)22(30)25-13-12-15-6-2-1-3-7-15/h1-11,14H,12-13H2,(H,25,30)(H2,26,27,29,33). The van der Waals surface area contributed by atoms with Crippen molar-refractivity contribution >= 4 is 52.1 Å². The highest BCUT2D eigenvalue weighted by Gasteiger charge is 2.18. The van der Waals surface area contributed by atoms with E-state index in [0.717, 1.165) is 11.6 Å². The Morgan fingerprint density at radius 1 is 0.970 bits per heavy atom. The van der Waals surface area contributed by atoms with Crippen LogP contribution in [0.2, 0.25) is 5.02 Å². The molecule has 168 valence electrons. The van der Waals surface area contributed by atoms with Crippen molar-refractivity contribution in [1.29, 1.82) is 0 Å². The van der Waals surface area contributed by atoms with Gasteiger partial charge >= 0.3 is 0 Å². The van der Waals surface area contributed by atoms with Gasteiger partial charge in [0.15, 0.2) is 5.11 Å². The van der Waals surface area contributed by atoms with Crippen LogP contribution in [0.4, 0.5) is 11.4 Å². The molecule has 0 heterocycles. The second-order valence-electron chi connectivity index (χ2n) is 6.87. The van der Waals surface area contributed by atoms with E-state index >= 15 is 0 Å². The molecule has 0 radical (unpaired) electrons. The van der Waals surface area contributed by atoms with Crippen molar-refractivity contribution in [2.75, 3.05) is 11.9 Å². The van der Waals surface area contributed by atoms with Crippen LogP contribution >= 0.6 is 23.8 Å². The molecule has 0 fully saturated rings. The number of halogens is 1. The lowest BCUT2D eigenvalue weighted by Crippen LogP contribution is -2.35. The fourth-order valence-electron chi connectivity index (χ4n) is 2.97. The number of hydrogen-bond acceptors (Lipinski definition) is 5. The predicted molar refractivity (Wildman–Crippen MR) is 131 cm³/mol. The fraction of sp³-hybridized carbons (Fsp3) is 0.0870. The number of carbonyl (C=O) groups excluding carboxylic acids is 2. The molecule has 0 aliphatic carbocycles. The average molecular weight is 483 g/mol. The molecule has 0 aromatic heterocycles. The molecule has 10 heteroatoms. The first-order chi connectivity index (χ1) is 15.8. The van der Waals surface area contributed by atoms with E-state index in [0.29, 0.717) is 24.2 Å². The Bertz CT molecular complexity index is 1200. The van der Waals surface area contributed by atoms with E-state index in [9.17, 15) is 19.7 Å². The number of hydrogen-bond donors (Lipinski definition) is 3. The summed E-state index contributed by atoms with van der Waals surface area (Å²) in [4.78, 5) is 35.5. The second kappa shape index (κ2) is 11.2. The smallest absolute Gasteiger partial charge is 0.288 e. The largest absolute Gasteiger partial charge is 0.352 e. The minimum atomic E-state index is -0.678. The average Bonchev–Trinajstić information content (AvgIpc) is 2.80. The lowest BCUT2D eigenvalue weighted by Gasteiger charge is -2.14. The molecule has 3 N–H and O–H groups in total. The van der Waals surface area contributed by atoms with Gasteiger partial charge in [0.05, 0.1) is 16.2 Å². The van der Waals surface area contributed by atoms with Crippen LogP contribution in [-0.2, 0) is 6.42 Å². The molecule has 2 amide bonds. The zero-order chi connectivity index (χ0) is 23.8. The van der Waals surface area contributed by atoms with Gasteiger partial charge in [-0.1, -0.05) is 54.1 Å². The van der Waals surface area contributed by atoms with E-state index in [1.807, 2.05) is 30.3 Å². The van der Waals surface area contributed by atoms with Gasteiger partial charge in [-0.05, 0) is 48.5 Å². The summed E-state index contributed by atoms with van der Waals surface area (Å²) in [5, 5.41) is 19.0. The van der Waals surface area contributed by atoms with Crippen molar-refractivity contribution in [2.45, 2.75) is 6.42 Å². The van der Waals surface area contributed by atoms with Gasteiger partial charge in [-0.25, -0.2) is 0 Å². The fourth-order valence-corrected chi connectivity index (χ4v) is 3.36. The monoisotopic (exact) mass is 482 g/mol. The molecule has 3 aromatic rings. The first-order valence-electron chi connectivity index (χ1n) is 9.82. The number of para-hydroxylation sites is 1. The molecule has 0 unspecified atom stereocenters. The summed E-state index contributed by atoms with van der Waals surface area (Å²) in [5.41, 5.74) is 1.49. The molecule has 0 bridgehead atoms. The van der Waals surface area contributed by atoms with Gasteiger partial charge in [0.1, 0.15) is 5.02 Å². The van der Waals surface area contributed by atoms with Gasteiger partial charge in [0.2, 0.25) is 0 Å². The Morgan fingerprint density at radius 3 is 2.39 bits per heavy atom. The quantitative estimate of drug-likeness (QED) is 0.262. The van der Waals surface area contributed by atoms with Gasteiger partial charge < -0.3 is 10.6 Å². The van der Waals surface area contributed by atoms with Gasteiger partial charge in [-0.3, -0.25) is 25.0 Å². The second-order valence-corrected chi connectivity index (χ2v) is 7.68. The highest BCUT2D eigenvalue weighted by atomic mass is 35.5. The van der Waals surface area contributed by atoms with Crippen LogP contribution in [-0.4, -0.2) is 28.4 Å². The maximum Gasteiger partial charge on any atom is 0.288 e. The van der Waals surface area contributed by atoms with Crippen LogP contribution in [0, 0.1) is 10.1 Å². The summed E-state index contributed by atoms with van der Waals surface area (Å²) in [6.07, 6.45) is 0.684.